The van der Waals surface area contributed by atoms with Gasteiger partial charge in [0.1, 0.15) is 6.04 Å². The summed E-state index contributed by atoms with van der Waals surface area (Å²) in [6, 6.07) is 1.78. The number of benzene rings is 1. The fourth-order valence-corrected chi connectivity index (χ4v) is 1.88. The first-order chi connectivity index (χ1) is 8.31. The predicted octanol–water partition coefficient (Wildman–Crippen LogP) is 3.01. The number of nitrogens with one attached hydrogen (secondary N) is 2. The molecular weight excluding hydrogens is 323 g/mol. The topological polar surface area (TPSA) is 78.4 Å². The minimum absolute atomic E-state index is 0.473. The molecule has 98 valence electrons. The molecule has 0 aromatic heterocycles. The number of hydrogen-bond donors (Lipinski definition) is 3. The molecule has 0 radical (unpaired) electrons. The summed E-state index contributed by atoms with van der Waals surface area (Å²) in [6.07, 6.45) is 0. The maximum atomic E-state index is 11.5. The highest BCUT2D eigenvalue weighted by Crippen LogP contribution is 2.29. The van der Waals surface area contributed by atoms with E-state index in [4.69, 9.17) is 16.7 Å². The summed E-state index contributed by atoms with van der Waals surface area (Å²) in [4.78, 5) is 22.1. The van der Waals surface area contributed by atoms with E-state index in [1.807, 2.05) is 6.92 Å². The lowest BCUT2D eigenvalue weighted by Crippen LogP contribution is -2.40. The molecule has 0 heterocycles. The predicted molar refractivity (Wildman–Crippen MR) is 73.1 cm³/mol. The highest BCUT2D eigenvalue weighted by molar-refractivity contribution is 9.10. The van der Waals surface area contributed by atoms with E-state index in [2.05, 4.69) is 26.6 Å². The van der Waals surface area contributed by atoms with Crippen LogP contribution < -0.4 is 10.6 Å². The average Bonchev–Trinajstić information content (AvgIpc) is 2.25. The number of carboxylic acids is 1. The van der Waals surface area contributed by atoms with Gasteiger partial charge in [-0.2, -0.15) is 0 Å². The monoisotopic (exact) mass is 334 g/mol. The number of carboxylic acid groups (broad SMARTS) is 1. The number of aryl methyl sites for hydroxylation is 1. The number of halogens is 2. The molecule has 1 atom stereocenters. The van der Waals surface area contributed by atoms with Crippen LogP contribution in [-0.4, -0.2) is 23.1 Å². The molecule has 0 aliphatic rings. The van der Waals surface area contributed by atoms with Gasteiger partial charge in [0.2, 0.25) is 0 Å². The summed E-state index contributed by atoms with van der Waals surface area (Å²) < 4.78 is 0.669. The van der Waals surface area contributed by atoms with E-state index in [0.717, 1.165) is 5.56 Å². The zero-order valence-electron chi connectivity index (χ0n) is 9.75. The van der Waals surface area contributed by atoms with Crippen LogP contribution in [-0.2, 0) is 4.79 Å². The van der Waals surface area contributed by atoms with Crippen LogP contribution in [0.1, 0.15) is 12.5 Å². The number of hydrogen-bond acceptors (Lipinski definition) is 2. The molecule has 0 aliphatic heterocycles. The average molecular weight is 336 g/mol. The zero-order chi connectivity index (χ0) is 13.9. The van der Waals surface area contributed by atoms with Crippen LogP contribution in [0.3, 0.4) is 0 Å². The third-order valence-corrected chi connectivity index (χ3v) is 3.28. The summed E-state index contributed by atoms with van der Waals surface area (Å²) in [5.74, 6) is -1.11. The minimum atomic E-state index is -1.11. The smallest absolute Gasteiger partial charge is 0.325 e. The van der Waals surface area contributed by atoms with Crippen molar-refractivity contribution >= 4 is 45.2 Å². The number of amides is 2. The summed E-state index contributed by atoms with van der Waals surface area (Å²) >= 11 is 9.23. The fourth-order valence-electron chi connectivity index (χ4n) is 1.16. The molecular formula is C11H12BrClN2O3. The summed E-state index contributed by atoms with van der Waals surface area (Å²) in [6.45, 7) is 3.21. The second-order valence-electron chi connectivity index (χ2n) is 3.74. The molecule has 1 rings (SSSR count). The minimum Gasteiger partial charge on any atom is -0.480 e. The third-order valence-electron chi connectivity index (χ3n) is 2.21. The van der Waals surface area contributed by atoms with Crippen LogP contribution in [0.15, 0.2) is 16.6 Å². The SMILES string of the molecule is Cc1cc(Br)c(NC(=O)N[C@H](C)C(=O)O)cc1Cl. The molecule has 2 amide bonds. The second kappa shape index (κ2) is 6.06. The lowest BCUT2D eigenvalue weighted by molar-refractivity contribution is -0.138. The molecule has 1 aromatic rings. The van der Waals surface area contributed by atoms with Gasteiger partial charge in [0.15, 0.2) is 0 Å². The van der Waals surface area contributed by atoms with Crippen LogP contribution in [0.25, 0.3) is 0 Å². The molecule has 0 aliphatic carbocycles. The Morgan fingerprint density at radius 3 is 2.61 bits per heavy atom. The van der Waals surface area contributed by atoms with E-state index in [0.29, 0.717) is 15.2 Å². The number of carbonyl (C=O) groups excluding carboxylic acids is 1. The fraction of sp³-hybridized carbons (Fsp3) is 0.273. The van der Waals surface area contributed by atoms with Crippen LogP contribution >= 0.6 is 27.5 Å². The lowest BCUT2D eigenvalue weighted by Gasteiger charge is -2.12. The molecule has 0 fully saturated rings. The van der Waals surface area contributed by atoms with Crippen molar-refractivity contribution in [3.63, 3.8) is 0 Å². The number of rotatable bonds is 3. The first-order valence-electron chi connectivity index (χ1n) is 5.07. The Balaban J connectivity index is 2.76. The van der Waals surface area contributed by atoms with Gasteiger partial charge in [-0.25, -0.2) is 4.79 Å². The number of aliphatic carboxylic acids is 1. The van der Waals surface area contributed by atoms with Gasteiger partial charge in [-0.3, -0.25) is 4.79 Å². The maximum Gasteiger partial charge on any atom is 0.325 e. The third kappa shape index (κ3) is 3.89. The van der Waals surface area contributed by atoms with E-state index in [1.54, 1.807) is 12.1 Å². The summed E-state index contributed by atoms with van der Waals surface area (Å²) in [5, 5.41) is 14.0. The molecule has 7 heteroatoms. The first kappa shape index (κ1) is 14.8. The van der Waals surface area contributed by atoms with Crippen LogP contribution in [0.2, 0.25) is 5.02 Å². The standard InChI is InChI=1S/C11H12BrClN2O3/c1-5-3-7(12)9(4-8(5)13)15-11(18)14-6(2)10(16)17/h3-4,6H,1-2H3,(H,16,17)(H2,14,15,18)/t6-/m1/s1. The Hall–Kier alpha value is -1.27. The summed E-state index contributed by atoms with van der Waals surface area (Å²) in [7, 11) is 0. The van der Waals surface area contributed by atoms with E-state index in [1.165, 1.54) is 6.92 Å². The molecule has 3 N–H and O–H groups in total. The van der Waals surface area contributed by atoms with Gasteiger partial charge in [-0.1, -0.05) is 11.6 Å². The zero-order valence-corrected chi connectivity index (χ0v) is 12.1. The highest BCUT2D eigenvalue weighted by Gasteiger charge is 2.15. The Morgan fingerprint density at radius 1 is 1.44 bits per heavy atom. The van der Waals surface area contributed by atoms with Crippen molar-refractivity contribution in [2.75, 3.05) is 5.32 Å². The van der Waals surface area contributed by atoms with Gasteiger partial charge >= 0.3 is 12.0 Å². The number of anilines is 1. The van der Waals surface area contributed by atoms with Crippen LogP contribution in [0.5, 0.6) is 0 Å². The number of urea groups is 1. The van der Waals surface area contributed by atoms with Gasteiger partial charge in [0.25, 0.3) is 0 Å². The van der Waals surface area contributed by atoms with Gasteiger partial charge in [0.05, 0.1) is 5.69 Å². The van der Waals surface area contributed by atoms with Crippen molar-refractivity contribution in [2.45, 2.75) is 19.9 Å². The Kier molecular flexibility index (Phi) is 4.98. The van der Waals surface area contributed by atoms with Crippen molar-refractivity contribution in [3.05, 3.63) is 27.2 Å². The molecule has 0 saturated heterocycles. The molecule has 0 bridgehead atoms. The quantitative estimate of drug-likeness (QED) is 0.794. The molecule has 18 heavy (non-hydrogen) atoms. The van der Waals surface area contributed by atoms with E-state index < -0.39 is 18.0 Å². The molecule has 5 nitrogen and oxygen atoms in total. The number of carbonyl (C=O) groups is 2. The first-order valence-corrected chi connectivity index (χ1v) is 6.24. The Morgan fingerprint density at radius 2 is 2.06 bits per heavy atom. The van der Waals surface area contributed by atoms with Gasteiger partial charge in [0, 0.05) is 9.50 Å². The Bertz CT molecular complexity index is 493. The van der Waals surface area contributed by atoms with Crippen molar-refractivity contribution in [1.82, 2.24) is 5.32 Å². The highest BCUT2D eigenvalue weighted by atomic mass is 79.9. The molecule has 1 aromatic carbocycles. The maximum absolute atomic E-state index is 11.5. The van der Waals surface area contributed by atoms with E-state index in [9.17, 15) is 9.59 Å². The van der Waals surface area contributed by atoms with Crippen LogP contribution in [0.4, 0.5) is 10.5 Å². The second-order valence-corrected chi connectivity index (χ2v) is 5.00. The summed E-state index contributed by atoms with van der Waals surface area (Å²) in [5.41, 5.74) is 1.34. The normalized spacial score (nSPS) is 11.8. The van der Waals surface area contributed by atoms with Crippen LogP contribution in [0, 0.1) is 6.92 Å². The van der Waals surface area contributed by atoms with Gasteiger partial charge in [-0.05, 0) is 47.5 Å². The van der Waals surface area contributed by atoms with Gasteiger partial charge < -0.3 is 15.7 Å². The van der Waals surface area contributed by atoms with Crippen molar-refractivity contribution < 1.29 is 14.7 Å². The van der Waals surface area contributed by atoms with E-state index in [-0.39, 0.29) is 0 Å². The van der Waals surface area contributed by atoms with Crippen molar-refractivity contribution in [2.24, 2.45) is 0 Å². The molecule has 0 spiro atoms. The van der Waals surface area contributed by atoms with Gasteiger partial charge in [-0.15, -0.1) is 0 Å². The van der Waals surface area contributed by atoms with Crippen molar-refractivity contribution in [3.8, 4) is 0 Å². The van der Waals surface area contributed by atoms with E-state index >= 15 is 0 Å². The van der Waals surface area contributed by atoms with Crippen molar-refractivity contribution in [1.29, 1.82) is 0 Å². The molecule has 0 saturated carbocycles. The molecule has 0 unspecified atom stereocenters. The largest absolute Gasteiger partial charge is 0.480 e. The Labute approximate surface area is 118 Å². The lowest BCUT2D eigenvalue weighted by atomic mass is 10.2.